The molecule has 0 radical (unpaired) electrons. The molecule has 148 valence electrons. The maximum atomic E-state index is 12.1. The van der Waals surface area contributed by atoms with Crippen molar-refractivity contribution in [3.63, 3.8) is 0 Å². The number of para-hydroxylation sites is 1. The number of nitrogens with one attached hydrogen (secondary N) is 1. The Hall–Kier alpha value is -2.45. The normalized spacial score (nSPS) is 14.4. The van der Waals surface area contributed by atoms with Crippen LogP contribution < -0.4 is 10.2 Å². The molecule has 1 aliphatic rings. The Kier molecular flexibility index (Phi) is 8.22. The van der Waals surface area contributed by atoms with Crippen molar-refractivity contribution in [2.24, 2.45) is 0 Å². The van der Waals surface area contributed by atoms with E-state index in [-0.39, 0.29) is 24.8 Å². The van der Waals surface area contributed by atoms with Gasteiger partial charge in [0.2, 0.25) is 11.8 Å². The molecule has 8 heteroatoms. The second-order valence-electron chi connectivity index (χ2n) is 6.23. The minimum absolute atomic E-state index is 0.134. The first kappa shape index (κ1) is 20.9. The number of hydrogen-bond donors (Lipinski definition) is 1. The first-order chi connectivity index (χ1) is 13.0. The lowest BCUT2D eigenvalue weighted by Crippen LogP contribution is -2.42. The van der Waals surface area contributed by atoms with E-state index in [9.17, 15) is 14.4 Å². The third kappa shape index (κ3) is 6.33. The third-order valence-electron chi connectivity index (χ3n) is 4.40. The van der Waals surface area contributed by atoms with Crippen LogP contribution in [0.1, 0.15) is 23.7 Å². The third-order valence-corrected chi connectivity index (χ3v) is 4.40. The standard InChI is InChI=1S/C19H27N3O5/c1-15(23)22(17-6-4-3-5-16(17)19(25)26-2)9-7-18(24)20-8-10-21-11-13-27-14-12-21/h3-6H,7-14H2,1-2H3,(H,20,24). The van der Waals surface area contributed by atoms with Gasteiger partial charge in [0.1, 0.15) is 0 Å². The summed E-state index contributed by atoms with van der Waals surface area (Å²) in [7, 11) is 1.29. The molecule has 1 aromatic carbocycles. The number of esters is 1. The van der Waals surface area contributed by atoms with Crippen LogP contribution in [0, 0.1) is 0 Å². The average Bonchev–Trinajstić information content (AvgIpc) is 2.68. The van der Waals surface area contributed by atoms with Crippen LogP contribution in [0.3, 0.4) is 0 Å². The topological polar surface area (TPSA) is 88.2 Å². The van der Waals surface area contributed by atoms with E-state index in [1.54, 1.807) is 24.3 Å². The zero-order chi connectivity index (χ0) is 19.6. The average molecular weight is 377 g/mol. The number of methoxy groups -OCH3 is 1. The number of hydrogen-bond acceptors (Lipinski definition) is 6. The van der Waals surface area contributed by atoms with Crippen LogP contribution in [0.15, 0.2) is 24.3 Å². The number of amides is 2. The number of benzene rings is 1. The molecule has 2 rings (SSSR count). The van der Waals surface area contributed by atoms with Gasteiger partial charge in [-0.15, -0.1) is 0 Å². The van der Waals surface area contributed by atoms with Gasteiger partial charge in [0.25, 0.3) is 0 Å². The Morgan fingerprint density at radius 3 is 2.59 bits per heavy atom. The highest BCUT2D eigenvalue weighted by atomic mass is 16.5. The summed E-state index contributed by atoms with van der Waals surface area (Å²) in [4.78, 5) is 39.8. The highest BCUT2D eigenvalue weighted by Gasteiger charge is 2.20. The SMILES string of the molecule is COC(=O)c1ccccc1N(CCC(=O)NCCN1CCOCC1)C(C)=O. The van der Waals surface area contributed by atoms with Gasteiger partial charge in [-0.3, -0.25) is 14.5 Å². The van der Waals surface area contributed by atoms with Gasteiger partial charge in [-0.25, -0.2) is 4.79 Å². The molecule has 1 aromatic rings. The van der Waals surface area contributed by atoms with E-state index in [2.05, 4.69) is 10.2 Å². The first-order valence-electron chi connectivity index (χ1n) is 9.05. The minimum Gasteiger partial charge on any atom is -0.465 e. The lowest BCUT2D eigenvalue weighted by atomic mass is 10.1. The maximum Gasteiger partial charge on any atom is 0.339 e. The van der Waals surface area contributed by atoms with Crippen molar-refractivity contribution < 1.29 is 23.9 Å². The summed E-state index contributed by atoms with van der Waals surface area (Å²) < 4.78 is 10.1. The monoisotopic (exact) mass is 377 g/mol. The highest BCUT2D eigenvalue weighted by molar-refractivity contribution is 6.02. The Bertz CT molecular complexity index is 659. The van der Waals surface area contributed by atoms with E-state index >= 15 is 0 Å². The summed E-state index contributed by atoms with van der Waals surface area (Å²) >= 11 is 0. The van der Waals surface area contributed by atoms with E-state index in [1.165, 1.54) is 18.9 Å². The van der Waals surface area contributed by atoms with Gasteiger partial charge in [0.15, 0.2) is 0 Å². The van der Waals surface area contributed by atoms with E-state index in [0.29, 0.717) is 17.8 Å². The molecule has 1 aliphatic heterocycles. The van der Waals surface area contributed by atoms with Crippen molar-refractivity contribution in [1.82, 2.24) is 10.2 Å². The predicted octanol–water partition coefficient (Wildman–Crippen LogP) is 0.665. The number of ether oxygens (including phenoxy) is 2. The summed E-state index contributed by atoms with van der Waals surface area (Å²) in [6.45, 7) is 6.12. The lowest BCUT2D eigenvalue weighted by molar-refractivity contribution is -0.121. The number of morpholine rings is 1. The quantitative estimate of drug-likeness (QED) is 0.670. The van der Waals surface area contributed by atoms with Crippen LogP contribution in [0.25, 0.3) is 0 Å². The van der Waals surface area contributed by atoms with Crippen molar-refractivity contribution in [2.75, 3.05) is 57.9 Å². The predicted molar refractivity (Wildman–Crippen MR) is 101 cm³/mol. The van der Waals surface area contributed by atoms with Crippen LogP contribution in [0.2, 0.25) is 0 Å². The molecule has 0 aromatic heterocycles. The van der Waals surface area contributed by atoms with Gasteiger partial charge in [-0.1, -0.05) is 12.1 Å². The van der Waals surface area contributed by atoms with Crippen LogP contribution >= 0.6 is 0 Å². The smallest absolute Gasteiger partial charge is 0.339 e. The van der Waals surface area contributed by atoms with Crippen molar-refractivity contribution in [3.05, 3.63) is 29.8 Å². The second-order valence-corrected chi connectivity index (χ2v) is 6.23. The van der Waals surface area contributed by atoms with E-state index in [4.69, 9.17) is 9.47 Å². The molecule has 1 heterocycles. The number of nitrogens with zero attached hydrogens (tertiary/aromatic N) is 2. The molecule has 2 amide bonds. The number of carbonyl (C=O) groups excluding carboxylic acids is 3. The van der Waals surface area contributed by atoms with Crippen LogP contribution in [-0.2, 0) is 19.1 Å². The van der Waals surface area contributed by atoms with Crippen LogP contribution in [-0.4, -0.2) is 75.7 Å². The summed E-state index contributed by atoms with van der Waals surface area (Å²) in [5.74, 6) is -0.899. The van der Waals surface area contributed by atoms with Crippen LogP contribution in [0.4, 0.5) is 5.69 Å². The lowest BCUT2D eigenvalue weighted by Gasteiger charge is -2.26. The molecule has 1 N–H and O–H groups in total. The molecule has 0 bridgehead atoms. The zero-order valence-corrected chi connectivity index (χ0v) is 15.9. The number of anilines is 1. The Morgan fingerprint density at radius 2 is 1.93 bits per heavy atom. The zero-order valence-electron chi connectivity index (χ0n) is 15.9. The Morgan fingerprint density at radius 1 is 1.22 bits per heavy atom. The molecular formula is C19H27N3O5. The fraction of sp³-hybridized carbons (Fsp3) is 0.526. The van der Waals surface area contributed by atoms with E-state index in [1.807, 2.05) is 0 Å². The molecule has 0 unspecified atom stereocenters. The van der Waals surface area contributed by atoms with Gasteiger partial charge >= 0.3 is 5.97 Å². The molecule has 1 saturated heterocycles. The highest BCUT2D eigenvalue weighted by Crippen LogP contribution is 2.21. The first-order valence-corrected chi connectivity index (χ1v) is 9.05. The summed E-state index contributed by atoms with van der Waals surface area (Å²) in [5.41, 5.74) is 0.737. The van der Waals surface area contributed by atoms with Gasteiger partial charge in [-0.2, -0.15) is 0 Å². The summed E-state index contributed by atoms with van der Waals surface area (Å²) in [5, 5.41) is 2.87. The van der Waals surface area contributed by atoms with Gasteiger partial charge in [-0.05, 0) is 12.1 Å². The molecule has 0 saturated carbocycles. The van der Waals surface area contributed by atoms with E-state index < -0.39 is 5.97 Å². The van der Waals surface area contributed by atoms with Crippen molar-refractivity contribution in [2.45, 2.75) is 13.3 Å². The van der Waals surface area contributed by atoms with Crippen LogP contribution in [0.5, 0.6) is 0 Å². The fourth-order valence-electron chi connectivity index (χ4n) is 2.92. The van der Waals surface area contributed by atoms with Gasteiger partial charge in [0, 0.05) is 46.1 Å². The minimum atomic E-state index is -0.521. The van der Waals surface area contributed by atoms with Gasteiger partial charge in [0.05, 0.1) is 31.6 Å². The molecule has 8 nitrogen and oxygen atoms in total. The molecular weight excluding hydrogens is 350 g/mol. The molecule has 0 spiro atoms. The Balaban J connectivity index is 1.88. The summed E-state index contributed by atoms with van der Waals surface area (Å²) in [6.07, 6.45) is 0.151. The number of rotatable bonds is 8. The molecule has 0 aliphatic carbocycles. The van der Waals surface area contributed by atoms with E-state index in [0.717, 1.165) is 32.8 Å². The number of carbonyl (C=O) groups is 3. The van der Waals surface area contributed by atoms with Gasteiger partial charge < -0.3 is 19.7 Å². The van der Waals surface area contributed by atoms with Crippen molar-refractivity contribution in [1.29, 1.82) is 0 Å². The summed E-state index contributed by atoms with van der Waals surface area (Å²) in [6, 6.07) is 6.70. The fourth-order valence-corrected chi connectivity index (χ4v) is 2.92. The van der Waals surface area contributed by atoms with Crippen molar-refractivity contribution >= 4 is 23.5 Å². The largest absolute Gasteiger partial charge is 0.465 e. The van der Waals surface area contributed by atoms with Crippen molar-refractivity contribution in [3.8, 4) is 0 Å². The molecule has 1 fully saturated rings. The maximum absolute atomic E-state index is 12.1. The molecule has 27 heavy (non-hydrogen) atoms. The molecule has 0 atom stereocenters. The Labute approximate surface area is 159 Å². The second kappa shape index (κ2) is 10.6.